The molecule has 0 aliphatic rings. The molecule has 0 fully saturated rings. The highest BCUT2D eigenvalue weighted by Crippen LogP contribution is 2.25. The highest BCUT2D eigenvalue weighted by molar-refractivity contribution is 6.30. The smallest absolute Gasteiger partial charge is 0.255 e. The van der Waals surface area contributed by atoms with E-state index in [0.717, 1.165) is 16.9 Å². The maximum atomic E-state index is 12.5. The van der Waals surface area contributed by atoms with E-state index in [0.29, 0.717) is 22.8 Å². The Bertz CT molecular complexity index is 843. The molecular formula is C18H16ClN3O2. The van der Waals surface area contributed by atoms with Gasteiger partial charge in [-0.25, -0.2) is 0 Å². The zero-order chi connectivity index (χ0) is 16.9. The second-order valence-corrected chi connectivity index (χ2v) is 5.64. The quantitative estimate of drug-likeness (QED) is 0.744. The predicted molar refractivity (Wildman–Crippen MR) is 93.2 cm³/mol. The van der Waals surface area contributed by atoms with Crippen LogP contribution in [0.25, 0.3) is 11.3 Å². The zero-order valence-electron chi connectivity index (χ0n) is 13.0. The molecule has 6 heteroatoms. The molecular weight excluding hydrogens is 326 g/mol. The number of amides is 1. The van der Waals surface area contributed by atoms with E-state index in [4.69, 9.17) is 16.3 Å². The molecule has 0 aliphatic heterocycles. The first-order valence-electron chi connectivity index (χ1n) is 7.38. The van der Waals surface area contributed by atoms with Crippen molar-refractivity contribution < 1.29 is 9.53 Å². The molecule has 0 unspecified atom stereocenters. The summed E-state index contributed by atoms with van der Waals surface area (Å²) in [6.07, 6.45) is 1.52. The van der Waals surface area contributed by atoms with Gasteiger partial charge in [-0.3, -0.25) is 9.89 Å². The first kappa shape index (κ1) is 16.1. The van der Waals surface area contributed by atoms with Gasteiger partial charge in [-0.15, -0.1) is 0 Å². The summed E-state index contributed by atoms with van der Waals surface area (Å²) in [5, 5.41) is 10.4. The molecule has 24 heavy (non-hydrogen) atoms. The Hall–Kier alpha value is -2.79. The highest BCUT2D eigenvalue weighted by atomic mass is 35.5. The first-order chi connectivity index (χ1) is 11.7. The third kappa shape index (κ3) is 3.58. The standard InChI is InChI=1S/C18H16ClN3O2/c1-24-15-4-2-3-13(9-15)17-16(11-21-22-17)18(23)20-10-12-5-7-14(19)8-6-12/h2-9,11H,10H2,1H3,(H,20,23)(H,21,22). The van der Waals surface area contributed by atoms with Gasteiger partial charge < -0.3 is 10.1 Å². The summed E-state index contributed by atoms with van der Waals surface area (Å²) < 4.78 is 5.22. The normalized spacial score (nSPS) is 10.4. The summed E-state index contributed by atoms with van der Waals surface area (Å²) in [4.78, 5) is 12.5. The van der Waals surface area contributed by atoms with Crippen molar-refractivity contribution in [1.29, 1.82) is 0 Å². The maximum Gasteiger partial charge on any atom is 0.255 e. The number of ether oxygens (including phenoxy) is 1. The second-order valence-electron chi connectivity index (χ2n) is 5.20. The minimum Gasteiger partial charge on any atom is -0.497 e. The van der Waals surface area contributed by atoms with Crippen molar-refractivity contribution in [2.75, 3.05) is 7.11 Å². The van der Waals surface area contributed by atoms with Gasteiger partial charge in [-0.1, -0.05) is 35.9 Å². The van der Waals surface area contributed by atoms with Crippen LogP contribution in [0.5, 0.6) is 5.75 Å². The van der Waals surface area contributed by atoms with E-state index in [2.05, 4.69) is 15.5 Å². The molecule has 0 atom stereocenters. The number of hydrogen-bond donors (Lipinski definition) is 2. The van der Waals surface area contributed by atoms with Crippen LogP contribution < -0.4 is 10.1 Å². The van der Waals surface area contributed by atoms with Gasteiger partial charge in [-0.2, -0.15) is 5.10 Å². The number of aromatic nitrogens is 2. The van der Waals surface area contributed by atoms with Gasteiger partial charge >= 0.3 is 0 Å². The van der Waals surface area contributed by atoms with Gasteiger partial charge in [0, 0.05) is 17.1 Å². The van der Waals surface area contributed by atoms with Gasteiger partial charge in [-0.05, 0) is 29.8 Å². The molecule has 1 amide bonds. The number of nitrogens with zero attached hydrogens (tertiary/aromatic N) is 1. The minimum absolute atomic E-state index is 0.198. The molecule has 2 aromatic carbocycles. The summed E-state index contributed by atoms with van der Waals surface area (Å²) in [7, 11) is 1.60. The van der Waals surface area contributed by atoms with Crippen LogP contribution in [0.4, 0.5) is 0 Å². The highest BCUT2D eigenvalue weighted by Gasteiger charge is 2.15. The molecule has 3 rings (SSSR count). The van der Waals surface area contributed by atoms with Crippen molar-refractivity contribution in [1.82, 2.24) is 15.5 Å². The van der Waals surface area contributed by atoms with Crippen LogP contribution >= 0.6 is 11.6 Å². The van der Waals surface area contributed by atoms with Gasteiger partial charge in [0.2, 0.25) is 0 Å². The molecule has 0 radical (unpaired) electrons. The number of aromatic amines is 1. The van der Waals surface area contributed by atoms with E-state index in [1.54, 1.807) is 19.2 Å². The van der Waals surface area contributed by atoms with Gasteiger partial charge in [0.25, 0.3) is 5.91 Å². The van der Waals surface area contributed by atoms with Crippen molar-refractivity contribution in [3.05, 3.63) is 70.9 Å². The number of H-pyrrole nitrogens is 1. The van der Waals surface area contributed by atoms with E-state index in [-0.39, 0.29) is 5.91 Å². The lowest BCUT2D eigenvalue weighted by Crippen LogP contribution is -2.22. The predicted octanol–water partition coefficient (Wildman–Crippen LogP) is 3.67. The molecule has 0 saturated carbocycles. The fraction of sp³-hybridized carbons (Fsp3) is 0.111. The third-order valence-electron chi connectivity index (χ3n) is 3.61. The van der Waals surface area contributed by atoms with Crippen LogP contribution in [0.15, 0.2) is 54.7 Å². The SMILES string of the molecule is COc1cccc(-c2[nH]ncc2C(=O)NCc2ccc(Cl)cc2)c1. The average Bonchev–Trinajstić information content (AvgIpc) is 3.11. The summed E-state index contributed by atoms with van der Waals surface area (Å²) in [5.41, 5.74) is 2.95. The van der Waals surface area contributed by atoms with Crippen LogP contribution in [0.2, 0.25) is 5.02 Å². The topological polar surface area (TPSA) is 67.0 Å². The number of rotatable bonds is 5. The largest absolute Gasteiger partial charge is 0.497 e. The van der Waals surface area contributed by atoms with E-state index < -0.39 is 0 Å². The molecule has 2 N–H and O–H groups in total. The Morgan fingerprint density at radius 2 is 2.04 bits per heavy atom. The number of methoxy groups -OCH3 is 1. The Kier molecular flexibility index (Phi) is 4.82. The zero-order valence-corrected chi connectivity index (χ0v) is 13.8. The van der Waals surface area contributed by atoms with Crippen molar-refractivity contribution >= 4 is 17.5 Å². The molecule has 0 bridgehead atoms. The van der Waals surface area contributed by atoms with Gasteiger partial charge in [0.05, 0.1) is 24.6 Å². The van der Waals surface area contributed by atoms with Crippen molar-refractivity contribution in [3.63, 3.8) is 0 Å². The van der Waals surface area contributed by atoms with Gasteiger partial charge in [0.1, 0.15) is 5.75 Å². The van der Waals surface area contributed by atoms with Crippen molar-refractivity contribution in [2.45, 2.75) is 6.54 Å². The first-order valence-corrected chi connectivity index (χ1v) is 7.75. The minimum atomic E-state index is -0.198. The maximum absolute atomic E-state index is 12.5. The number of benzene rings is 2. The monoisotopic (exact) mass is 341 g/mol. The van der Waals surface area contributed by atoms with Crippen molar-refractivity contribution in [2.24, 2.45) is 0 Å². The Morgan fingerprint density at radius 1 is 1.25 bits per heavy atom. The van der Waals surface area contributed by atoms with E-state index >= 15 is 0 Å². The molecule has 0 spiro atoms. The lowest BCUT2D eigenvalue weighted by molar-refractivity contribution is 0.0951. The number of carbonyl (C=O) groups excluding carboxylic acids is 1. The van der Waals surface area contributed by atoms with Crippen LogP contribution in [0.1, 0.15) is 15.9 Å². The molecule has 122 valence electrons. The number of halogens is 1. The summed E-state index contributed by atoms with van der Waals surface area (Å²) >= 11 is 5.86. The lowest BCUT2D eigenvalue weighted by atomic mass is 10.1. The molecule has 1 aromatic heterocycles. The van der Waals surface area contributed by atoms with Crippen LogP contribution in [0, 0.1) is 0 Å². The fourth-order valence-electron chi connectivity index (χ4n) is 2.34. The summed E-state index contributed by atoms with van der Waals surface area (Å²) in [6, 6.07) is 14.8. The van der Waals surface area contributed by atoms with Crippen molar-refractivity contribution in [3.8, 4) is 17.0 Å². The third-order valence-corrected chi connectivity index (χ3v) is 3.86. The molecule has 0 saturated heterocycles. The fourth-order valence-corrected chi connectivity index (χ4v) is 2.46. The Labute approximate surface area is 144 Å². The Balaban J connectivity index is 1.76. The van der Waals surface area contributed by atoms with Gasteiger partial charge in [0.15, 0.2) is 0 Å². The summed E-state index contributed by atoms with van der Waals surface area (Å²) in [5.74, 6) is 0.520. The molecule has 1 heterocycles. The Morgan fingerprint density at radius 3 is 2.79 bits per heavy atom. The lowest BCUT2D eigenvalue weighted by Gasteiger charge is -2.07. The van der Waals surface area contributed by atoms with Crippen LogP contribution in [0.3, 0.4) is 0 Å². The van der Waals surface area contributed by atoms with E-state index in [1.165, 1.54) is 6.20 Å². The second kappa shape index (κ2) is 7.19. The van der Waals surface area contributed by atoms with Crippen LogP contribution in [-0.2, 0) is 6.54 Å². The number of nitrogens with one attached hydrogen (secondary N) is 2. The van der Waals surface area contributed by atoms with E-state index in [9.17, 15) is 4.79 Å². The number of hydrogen-bond acceptors (Lipinski definition) is 3. The summed E-state index contributed by atoms with van der Waals surface area (Å²) in [6.45, 7) is 0.415. The van der Waals surface area contributed by atoms with Crippen LogP contribution in [-0.4, -0.2) is 23.2 Å². The van der Waals surface area contributed by atoms with E-state index in [1.807, 2.05) is 36.4 Å². The molecule has 5 nitrogen and oxygen atoms in total. The number of carbonyl (C=O) groups is 1. The molecule has 0 aliphatic carbocycles. The average molecular weight is 342 g/mol. The molecule has 3 aromatic rings.